The van der Waals surface area contributed by atoms with E-state index in [0.717, 1.165) is 16.8 Å². The Kier molecular flexibility index (Phi) is 5.41. The van der Waals surface area contributed by atoms with E-state index in [1.807, 2.05) is 55.5 Å². The third kappa shape index (κ3) is 3.66. The molecule has 1 saturated heterocycles. The summed E-state index contributed by atoms with van der Waals surface area (Å²) in [5.74, 6) is 0.970. The molecule has 160 valence electrons. The van der Waals surface area contributed by atoms with Gasteiger partial charge < -0.3 is 14.6 Å². The monoisotopic (exact) mass is 463 g/mol. The lowest BCUT2D eigenvalue weighted by Gasteiger charge is -2.26. The molecule has 2 aromatic heterocycles. The van der Waals surface area contributed by atoms with Gasteiger partial charge in [0, 0.05) is 16.8 Å². The highest BCUT2D eigenvalue weighted by Gasteiger charge is 2.43. The van der Waals surface area contributed by atoms with E-state index in [1.165, 1.54) is 6.07 Å². The molecule has 0 bridgehead atoms. The summed E-state index contributed by atoms with van der Waals surface area (Å²) in [6, 6.07) is 21.0. The van der Waals surface area contributed by atoms with E-state index < -0.39 is 6.04 Å². The normalized spacial score (nSPS) is 18.1. The number of hydrogen-bond acceptors (Lipinski definition) is 3. The second kappa shape index (κ2) is 8.37. The Hall–Kier alpha value is -3.22. The fourth-order valence-electron chi connectivity index (χ4n) is 4.07. The lowest BCUT2D eigenvalue weighted by molar-refractivity contribution is 0.437. The number of rotatable bonds is 4. The molecule has 5 rings (SSSR count). The van der Waals surface area contributed by atoms with Gasteiger partial charge in [0.05, 0.1) is 17.4 Å². The van der Waals surface area contributed by atoms with Gasteiger partial charge in [-0.2, -0.15) is 0 Å². The highest BCUT2D eigenvalue weighted by atomic mass is 35.5. The molecule has 0 radical (unpaired) electrons. The highest BCUT2D eigenvalue weighted by molar-refractivity contribution is 7.80. The molecule has 0 aliphatic carbocycles. The van der Waals surface area contributed by atoms with Crippen molar-refractivity contribution >= 4 is 34.6 Å². The highest BCUT2D eigenvalue weighted by Crippen LogP contribution is 2.43. The van der Waals surface area contributed by atoms with Crippen LogP contribution in [0, 0.1) is 12.7 Å². The summed E-state index contributed by atoms with van der Waals surface area (Å²) in [7, 11) is 0. The summed E-state index contributed by atoms with van der Waals surface area (Å²) in [5.41, 5.74) is 3.12. The quantitative estimate of drug-likeness (QED) is 0.344. The number of aryl methyl sites for hydroxylation is 1. The second-order valence-corrected chi connectivity index (χ2v) is 8.43. The van der Waals surface area contributed by atoms with Gasteiger partial charge in [-0.25, -0.2) is 4.39 Å². The molecule has 0 spiro atoms. The Morgan fingerprint density at radius 2 is 1.88 bits per heavy atom. The molecular formula is C25H19ClFN3OS. The first-order valence-corrected chi connectivity index (χ1v) is 10.9. The number of hydrogen-bond donors (Lipinski definition) is 1. The summed E-state index contributed by atoms with van der Waals surface area (Å²) in [6.07, 6.45) is 1.73. The van der Waals surface area contributed by atoms with E-state index in [-0.39, 0.29) is 11.9 Å². The van der Waals surface area contributed by atoms with Crippen LogP contribution >= 0.6 is 23.8 Å². The Morgan fingerprint density at radius 3 is 2.66 bits per heavy atom. The van der Waals surface area contributed by atoms with Gasteiger partial charge >= 0.3 is 0 Å². The first-order chi connectivity index (χ1) is 15.5. The van der Waals surface area contributed by atoms with Crippen LogP contribution in [0.4, 0.5) is 10.1 Å². The number of anilines is 1. The third-order valence-corrected chi connectivity index (χ3v) is 6.14. The van der Waals surface area contributed by atoms with Gasteiger partial charge in [0.15, 0.2) is 5.11 Å². The maximum atomic E-state index is 14.8. The van der Waals surface area contributed by atoms with Crippen molar-refractivity contribution in [3.8, 4) is 11.3 Å². The number of para-hydroxylation sites is 1. The van der Waals surface area contributed by atoms with Gasteiger partial charge in [-0.05, 0) is 73.2 Å². The predicted molar refractivity (Wildman–Crippen MR) is 128 cm³/mol. The average molecular weight is 464 g/mol. The Labute approximate surface area is 195 Å². The van der Waals surface area contributed by atoms with Crippen LogP contribution in [-0.2, 0) is 0 Å². The predicted octanol–water partition coefficient (Wildman–Crippen LogP) is 6.62. The van der Waals surface area contributed by atoms with E-state index in [0.29, 0.717) is 27.3 Å². The van der Waals surface area contributed by atoms with Crippen molar-refractivity contribution in [2.24, 2.45) is 0 Å². The molecule has 1 aliphatic heterocycles. The molecule has 32 heavy (non-hydrogen) atoms. The van der Waals surface area contributed by atoms with Gasteiger partial charge in [-0.15, -0.1) is 0 Å². The number of pyridine rings is 1. The van der Waals surface area contributed by atoms with Gasteiger partial charge in [0.1, 0.15) is 23.4 Å². The largest absolute Gasteiger partial charge is 0.459 e. The Balaban J connectivity index is 1.63. The SMILES string of the molecule is Cc1ccc(Cl)cc1-c1ccc(C2C(c3ccccn3)NC(=S)N2c2ccccc2F)o1. The third-order valence-electron chi connectivity index (χ3n) is 5.59. The molecule has 2 atom stereocenters. The number of aromatic nitrogens is 1. The molecular weight excluding hydrogens is 445 g/mol. The summed E-state index contributed by atoms with van der Waals surface area (Å²) in [6.45, 7) is 2.00. The minimum Gasteiger partial charge on any atom is -0.459 e. The van der Waals surface area contributed by atoms with Crippen LogP contribution in [0.3, 0.4) is 0 Å². The van der Waals surface area contributed by atoms with Gasteiger partial charge in [0.2, 0.25) is 0 Å². The number of nitrogens with one attached hydrogen (secondary N) is 1. The molecule has 4 nitrogen and oxygen atoms in total. The maximum Gasteiger partial charge on any atom is 0.174 e. The van der Waals surface area contributed by atoms with E-state index in [9.17, 15) is 4.39 Å². The molecule has 4 aromatic rings. The van der Waals surface area contributed by atoms with Crippen molar-refractivity contribution in [3.63, 3.8) is 0 Å². The van der Waals surface area contributed by atoms with Crippen molar-refractivity contribution in [3.05, 3.63) is 107 Å². The Morgan fingerprint density at radius 1 is 1.06 bits per heavy atom. The summed E-state index contributed by atoms with van der Waals surface area (Å²) in [5, 5.41) is 4.35. The molecule has 1 N–H and O–H groups in total. The topological polar surface area (TPSA) is 41.3 Å². The fraction of sp³-hybridized carbons (Fsp3) is 0.120. The van der Waals surface area contributed by atoms with Crippen molar-refractivity contribution in [2.45, 2.75) is 19.0 Å². The molecule has 0 amide bonds. The van der Waals surface area contributed by atoms with Crippen LogP contribution in [-0.4, -0.2) is 10.1 Å². The molecule has 2 aromatic carbocycles. The molecule has 1 fully saturated rings. The van der Waals surface area contributed by atoms with Crippen LogP contribution in [0.2, 0.25) is 5.02 Å². The molecule has 2 unspecified atom stereocenters. The fourth-order valence-corrected chi connectivity index (χ4v) is 4.58. The zero-order chi connectivity index (χ0) is 22.2. The van der Waals surface area contributed by atoms with Crippen LogP contribution in [0.5, 0.6) is 0 Å². The smallest absolute Gasteiger partial charge is 0.174 e. The number of halogens is 2. The zero-order valence-corrected chi connectivity index (χ0v) is 18.7. The summed E-state index contributed by atoms with van der Waals surface area (Å²) >= 11 is 11.9. The second-order valence-electron chi connectivity index (χ2n) is 7.61. The first kappa shape index (κ1) is 20.7. The first-order valence-electron chi connectivity index (χ1n) is 10.1. The molecule has 1 aliphatic rings. The van der Waals surface area contributed by atoms with Crippen molar-refractivity contribution < 1.29 is 8.81 Å². The van der Waals surface area contributed by atoms with Gasteiger partial charge in [-0.3, -0.25) is 4.98 Å². The van der Waals surface area contributed by atoms with E-state index in [4.69, 9.17) is 28.2 Å². The molecule has 0 saturated carbocycles. The van der Waals surface area contributed by atoms with E-state index >= 15 is 0 Å². The number of nitrogens with zero attached hydrogens (tertiary/aromatic N) is 2. The van der Waals surface area contributed by atoms with Crippen LogP contribution in [0.15, 0.2) is 83.4 Å². The average Bonchev–Trinajstić information content (AvgIpc) is 3.41. The van der Waals surface area contributed by atoms with Gasteiger partial charge in [-0.1, -0.05) is 35.9 Å². The molecule has 3 heterocycles. The van der Waals surface area contributed by atoms with Crippen LogP contribution in [0.25, 0.3) is 11.3 Å². The zero-order valence-electron chi connectivity index (χ0n) is 17.1. The van der Waals surface area contributed by atoms with E-state index in [2.05, 4.69) is 10.3 Å². The van der Waals surface area contributed by atoms with E-state index in [1.54, 1.807) is 29.3 Å². The van der Waals surface area contributed by atoms with Crippen LogP contribution < -0.4 is 10.2 Å². The lowest BCUT2D eigenvalue weighted by atomic mass is 10.0. The summed E-state index contributed by atoms with van der Waals surface area (Å²) in [4.78, 5) is 6.27. The number of thiocarbonyl (C=S) groups is 1. The number of benzene rings is 2. The lowest BCUT2D eigenvalue weighted by Crippen LogP contribution is -2.30. The maximum absolute atomic E-state index is 14.8. The standard InChI is InChI=1S/C25H19ClFN3OS/c1-15-9-10-16(26)14-17(15)21-11-12-22(31-21)24-23(19-7-4-5-13-28-19)29-25(32)30(24)20-8-3-2-6-18(20)27/h2-14,23-24H,1H3,(H,29,32). The van der Waals surface area contributed by atoms with Gasteiger partial charge in [0.25, 0.3) is 0 Å². The summed E-state index contributed by atoms with van der Waals surface area (Å²) < 4.78 is 21.1. The van der Waals surface area contributed by atoms with Crippen molar-refractivity contribution in [1.29, 1.82) is 0 Å². The van der Waals surface area contributed by atoms with Crippen molar-refractivity contribution in [1.82, 2.24) is 10.3 Å². The minimum absolute atomic E-state index is 0.317. The minimum atomic E-state index is -0.428. The van der Waals surface area contributed by atoms with Crippen molar-refractivity contribution in [2.75, 3.05) is 4.90 Å². The number of furan rings is 1. The molecule has 7 heteroatoms. The van der Waals surface area contributed by atoms with Crippen LogP contribution in [0.1, 0.15) is 29.1 Å². The Bertz CT molecular complexity index is 1290.